The van der Waals surface area contributed by atoms with E-state index >= 15 is 0 Å². The van der Waals surface area contributed by atoms with Crippen molar-refractivity contribution in [2.75, 3.05) is 19.1 Å². The summed E-state index contributed by atoms with van der Waals surface area (Å²) in [5, 5.41) is 3.39. The van der Waals surface area contributed by atoms with Gasteiger partial charge in [0.25, 0.3) is 0 Å². The predicted molar refractivity (Wildman–Crippen MR) is 109 cm³/mol. The van der Waals surface area contributed by atoms with Crippen molar-refractivity contribution in [3.05, 3.63) is 35.5 Å². The first-order valence-corrected chi connectivity index (χ1v) is 10.2. The molecule has 1 saturated carbocycles. The molecule has 0 aliphatic heterocycles. The largest absolute Gasteiger partial charge is 0.497 e. The van der Waals surface area contributed by atoms with Gasteiger partial charge in [-0.1, -0.05) is 31.4 Å². The van der Waals surface area contributed by atoms with E-state index in [-0.39, 0.29) is 0 Å². The summed E-state index contributed by atoms with van der Waals surface area (Å²) in [7, 11) is 3.90. The van der Waals surface area contributed by atoms with E-state index in [9.17, 15) is 0 Å². The van der Waals surface area contributed by atoms with Crippen LogP contribution in [-0.2, 0) is 0 Å². The van der Waals surface area contributed by atoms with Crippen molar-refractivity contribution in [3.8, 4) is 16.9 Å². The second-order valence-electron chi connectivity index (χ2n) is 7.06. The average Bonchev–Trinajstić information content (AvgIpc) is 3.11. The number of fused-ring (bicyclic) bond motifs is 1. The van der Waals surface area contributed by atoms with E-state index in [4.69, 9.17) is 14.7 Å². The first-order valence-electron chi connectivity index (χ1n) is 9.30. The first-order chi connectivity index (χ1) is 12.7. The molecule has 0 radical (unpaired) electrons. The normalized spacial score (nSPS) is 15.3. The van der Waals surface area contributed by atoms with Crippen LogP contribution in [0.3, 0.4) is 0 Å². The van der Waals surface area contributed by atoms with Gasteiger partial charge in [-0.25, -0.2) is 9.97 Å². The maximum atomic E-state index is 5.30. The third kappa shape index (κ3) is 3.16. The smallest absolute Gasteiger partial charge is 0.141 e. The van der Waals surface area contributed by atoms with Gasteiger partial charge in [-0.15, -0.1) is 11.3 Å². The Balaban J connectivity index is 1.82. The molecule has 1 aromatic carbocycles. The molecule has 136 valence electrons. The van der Waals surface area contributed by atoms with Crippen molar-refractivity contribution in [3.63, 3.8) is 0 Å². The van der Waals surface area contributed by atoms with Crippen LogP contribution in [0.15, 0.2) is 29.6 Å². The molecule has 0 saturated heterocycles. The van der Waals surface area contributed by atoms with Gasteiger partial charge in [-0.2, -0.15) is 0 Å². The Hall–Kier alpha value is -2.14. The van der Waals surface area contributed by atoms with Crippen molar-refractivity contribution in [2.45, 2.75) is 45.1 Å². The maximum absolute atomic E-state index is 5.30. The average molecular weight is 368 g/mol. The van der Waals surface area contributed by atoms with Gasteiger partial charge in [-0.3, -0.25) is 0 Å². The lowest BCUT2D eigenvalue weighted by molar-refractivity contribution is 0.415. The SMILES string of the molecule is COc1ccc(-c2csc3nc(C)nc(N(C)C4CCCCC4)c23)cc1. The molecule has 0 N–H and O–H groups in total. The van der Waals surface area contributed by atoms with Crippen LogP contribution in [0.4, 0.5) is 5.82 Å². The minimum Gasteiger partial charge on any atom is -0.497 e. The molecule has 0 amide bonds. The second-order valence-corrected chi connectivity index (χ2v) is 7.91. The van der Waals surface area contributed by atoms with Crippen molar-refractivity contribution in [1.82, 2.24) is 9.97 Å². The van der Waals surface area contributed by atoms with Crippen LogP contribution >= 0.6 is 11.3 Å². The number of ether oxygens (including phenoxy) is 1. The fourth-order valence-corrected chi connectivity index (χ4v) is 4.89. The van der Waals surface area contributed by atoms with E-state index in [0.29, 0.717) is 6.04 Å². The quantitative estimate of drug-likeness (QED) is 0.615. The number of thiophene rings is 1. The van der Waals surface area contributed by atoms with Gasteiger partial charge in [0.15, 0.2) is 0 Å². The lowest BCUT2D eigenvalue weighted by Gasteiger charge is -2.32. The van der Waals surface area contributed by atoms with Crippen LogP contribution in [0.5, 0.6) is 5.75 Å². The number of nitrogens with zero attached hydrogens (tertiary/aromatic N) is 3. The van der Waals surface area contributed by atoms with Crippen molar-refractivity contribution in [1.29, 1.82) is 0 Å². The highest BCUT2D eigenvalue weighted by Crippen LogP contribution is 2.40. The maximum Gasteiger partial charge on any atom is 0.141 e. The lowest BCUT2D eigenvalue weighted by Crippen LogP contribution is -2.34. The van der Waals surface area contributed by atoms with Gasteiger partial charge in [0.1, 0.15) is 22.2 Å². The lowest BCUT2D eigenvalue weighted by atomic mass is 9.94. The molecule has 0 unspecified atom stereocenters. The fourth-order valence-electron chi connectivity index (χ4n) is 3.91. The summed E-state index contributed by atoms with van der Waals surface area (Å²) < 4.78 is 5.30. The van der Waals surface area contributed by atoms with Crippen molar-refractivity contribution >= 4 is 27.4 Å². The van der Waals surface area contributed by atoms with Gasteiger partial charge in [0.2, 0.25) is 0 Å². The summed E-state index contributed by atoms with van der Waals surface area (Å²) >= 11 is 1.70. The van der Waals surface area contributed by atoms with Crippen LogP contribution in [0.25, 0.3) is 21.3 Å². The molecule has 1 aliphatic rings. The molecular weight excluding hydrogens is 342 g/mol. The van der Waals surface area contributed by atoms with Gasteiger partial charge < -0.3 is 9.64 Å². The molecular formula is C21H25N3OS. The zero-order valence-electron chi connectivity index (χ0n) is 15.7. The van der Waals surface area contributed by atoms with Gasteiger partial charge >= 0.3 is 0 Å². The topological polar surface area (TPSA) is 38.3 Å². The summed E-state index contributed by atoms with van der Waals surface area (Å²) in [6.07, 6.45) is 6.50. The van der Waals surface area contributed by atoms with Gasteiger partial charge in [0.05, 0.1) is 12.5 Å². The number of anilines is 1. The van der Waals surface area contributed by atoms with E-state index in [1.807, 2.05) is 19.1 Å². The van der Waals surface area contributed by atoms with Crippen LogP contribution in [0.2, 0.25) is 0 Å². The highest BCUT2D eigenvalue weighted by atomic mass is 32.1. The minimum absolute atomic E-state index is 0.574. The number of aryl methyl sites for hydroxylation is 1. The van der Waals surface area contributed by atoms with Gasteiger partial charge in [-0.05, 0) is 37.5 Å². The Labute approximate surface area is 158 Å². The molecule has 1 fully saturated rings. The minimum atomic E-state index is 0.574. The van der Waals surface area contributed by atoms with E-state index in [0.717, 1.165) is 22.2 Å². The van der Waals surface area contributed by atoms with Crippen LogP contribution in [-0.4, -0.2) is 30.2 Å². The van der Waals surface area contributed by atoms with Crippen molar-refractivity contribution in [2.24, 2.45) is 0 Å². The highest BCUT2D eigenvalue weighted by molar-refractivity contribution is 7.17. The molecule has 0 bridgehead atoms. The number of rotatable bonds is 4. The van der Waals surface area contributed by atoms with E-state index in [1.165, 1.54) is 48.6 Å². The van der Waals surface area contributed by atoms with E-state index in [2.05, 4.69) is 29.5 Å². The molecule has 26 heavy (non-hydrogen) atoms. The first kappa shape index (κ1) is 17.3. The van der Waals surface area contributed by atoms with E-state index < -0.39 is 0 Å². The van der Waals surface area contributed by atoms with Crippen molar-refractivity contribution < 1.29 is 4.74 Å². The molecule has 4 rings (SSSR count). The Bertz CT molecular complexity index is 898. The molecule has 2 aromatic heterocycles. The molecule has 1 aliphatic carbocycles. The van der Waals surface area contributed by atoms with Crippen LogP contribution in [0, 0.1) is 6.92 Å². The summed E-state index contributed by atoms with van der Waals surface area (Å²) in [5.74, 6) is 2.80. The number of aromatic nitrogens is 2. The Kier molecular flexibility index (Phi) is 4.81. The zero-order valence-corrected chi connectivity index (χ0v) is 16.5. The Morgan fingerprint density at radius 3 is 2.50 bits per heavy atom. The molecule has 2 heterocycles. The highest BCUT2D eigenvalue weighted by Gasteiger charge is 2.23. The molecule has 0 spiro atoms. The predicted octanol–water partition coefficient (Wildman–Crippen LogP) is 5.44. The van der Waals surface area contributed by atoms with Crippen LogP contribution in [0.1, 0.15) is 37.9 Å². The number of hydrogen-bond acceptors (Lipinski definition) is 5. The summed E-state index contributed by atoms with van der Waals surface area (Å²) in [5.41, 5.74) is 2.40. The number of benzene rings is 1. The van der Waals surface area contributed by atoms with Crippen LogP contribution < -0.4 is 9.64 Å². The molecule has 5 heteroatoms. The van der Waals surface area contributed by atoms with Gasteiger partial charge in [0, 0.05) is 24.0 Å². The standard InChI is InChI=1S/C21H25N3OS/c1-14-22-20(24(2)16-7-5-4-6-8-16)19-18(13-26-21(19)23-14)15-9-11-17(25-3)12-10-15/h9-13,16H,4-8H2,1-3H3. The third-order valence-electron chi connectivity index (χ3n) is 5.38. The zero-order chi connectivity index (χ0) is 18.1. The molecule has 0 atom stereocenters. The molecule has 4 nitrogen and oxygen atoms in total. The van der Waals surface area contributed by atoms with E-state index in [1.54, 1.807) is 18.4 Å². The third-order valence-corrected chi connectivity index (χ3v) is 6.26. The number of hydrogen-bond donors (Lipinski definition) is 0. The summed E-state index contributed by atoms with van der Waals surface area (Å²) in [6.45, 7) is 1.99. The fraction of sp³-hybridized carbons (Fsp3) is 0.429. The summed E-state index contributed by atoms with van der Waals surface area (Å²) in [6, 6.07) is 8.83. The Morgan fingerprint density at radius 2 is 1.81 bits per heavy atom. The number of methoxy groups -OCH3 is 1. The molecule has 3 aromatic rings. The summed E-state index contributed by atoms with van der Waals surface area (Å²) in [4.78, 5) is 13.0. The second kappa shape index (κ2) is 7.23. The monoisotopic (exact) mass is 367 g/mol. The Morgan fingerprint density at radius 1 is 1.08 bits per heavy atom.